The molecule has 4 unspecified atom stereocenters. The lowest BCUT2D eigenvalue weighted by Crippen LogP contribution is -2.58. The fourth-order valence-electron chi connectivity index (χ4n) is 2.71. The molecule has 3 amide bonds. The standard InChI is InChI=1S/C20H30N4O5S/c1-3-12(2)17(24-16(25)10-21)19(27)23-15(11-30)18(26)22-14(20(28)29)9-13-7-5-4-6-8-13/h4-8,12,14-15,17,30H,3,9-11,21H2,1-2H3,(H,22,26)(H,23,27)(H,24,25)(H,28,29). The Morgan fingerprint density at radius 1 is 1.03 bits per heavy atom. The number of carboxylic acids is 1. The van der Waals surface area contributed by atoms with Gasteiger partial charge in [0, 0.05) is 12.2 Å². The van der Waals surface area contributed by atoms with E-state index in [2.05, 4.69) is 28.6 Å². The third-order valence-electron chi connectivity index (χ3n) is 4.71. The molecule has 9 nitrogen and oxygen atoms in total. The van der Waals surface area contributed by atoms with Gasteiger partial charge in [-0.1, -0.05) is 50.6 Å². The fourth-order valence-corrected chi connectivity index (χ4v) is 2.97. The van der Waals surface area contributed by atoms with Gasteiger partial charge in [-0.15, -0.1) is 0 Å². The summed E-state index contributed by atoms with van der Waals surface area (Å²) in [4.78, 5) is 48.5. The highest BCUT2D eigenvalue weighted by molar-refractivity contribution is 7.80. The number of carbonyl (C=O) groups excluding carboxylic acids is 3. The van der Waals surface area contributed by atoms with Gasteiger partial charge in [0.2, 0.25) is 17.7 Å². The van der Waals surface area contributed by atoms with Crippen molar-refractivity contribution in [3.63, 3.8) is 0 Å². The number of carboxylic acid groups (broad SMARTS) is 1. The van der Waals surface area contributed by atoms with Crippen molar-refractivity contribution in [1.29, 1.82) is 0 Å². The second-order valence-corrected chi connectivity index (χ2v) is 7.33. The van der Waals surface area contributed by atoms with E-state index >= 15 is 0 Å². The molecule has 0 saturated carbocycles. The first-order valence-electron chi connectivity index (χ1n) is 9.71. The minimum absolute atomic E-state index is 0.0483. The van der Waals surface area contributed by atoms with Crippen molar-refractivity contribution in [2.75, 3.05) is 12.3 Å². The molecule has 0 radical (unpaired) electrons. The third kappa shape index (κ3) is 8.03. The molecule has 0 fully saturated rings. The third-order valence-corrected chi connectivity index (χ3v) is 5.08. The van der Waals surface area contributed by atoms with Gasteiger partial charge in [0.05, 0.1) is 6.54 Å². The van der Waals surface area contributed by atoms with Crippen LogP contribution < -0.4 is 21.7 Å². The zero-order chi connectivity index (χ0) is 22.7. The topological polar surface area (TPSA) is 151 Å². The van der Waals surface area contributed by atoms with E-state index in [9.17, 15) is 24.3 Å². The number of aliphatic carboxylic acids is 1. The van der Waals surface area contributed by atoms with E-state index in [0.717, 1.165) is 5.56 Å². The summed E-state index contributed by atoms with van der Waals surface area (Å²) >= 11 is 4.10. The number of carbonyl (C=O) groups is 4. The molecular weight excluding hydrogens is 408 g/mol. The summed E-state index contributed by atoms with van der Waals surface area (Å²) < 4.78 is 0. The Bertz CT molecular complexity index is 731. The summed E-state index contributed by atoms with van der Waals surface area (Å²) in [5.41, 5.74) is 6.06. The average Bonchev–Trinajstić information content (AvgIpc) is 2.74. The van der Waals surface area contributed by atoms with Gasteiger partial charge in [-0.25, -0.2) is 4.79 Å². The second-order valence-electron chi connectivity index (χ2n) is 6.97. The number of amides is 3. The summed E-state index contributed by atoms with van der Waals surface area (Å²) in [5, 5.41) is 17.0. The number of thiol groups is 1. The Hall–Kier alpha value is -2.59. The van der Waals surface area contributed by atoms with Gasteiger partial charge < -0.3 is 26.8 Å². The molecule has 0 spiro atoms. The normalized spacial score (nSPS) is 14.7. The highest BCUT2D eigenvalue weighted by atomic mass is 32.1. The van der Waals surface area contributed by atoms with Gasteiger partial charge in [-0.2, -0.15) is 12.6 Å². The van der Waals surface area contributed by atoms with Crippen molar-refractivity contribution in [3.05, 3.63) is 35.9 Å². The van der Waals surface area contributed by atoms with Crippen LogP contribution in [0.1, 0.15) is 25.8 Å². The van der Waals surface area contributed by atoms with Crippen LogP contribution >= 0.6 is 12.6 Å². The molecule has 4 atom stereocenters. The number of hydrogen-bond acceptors (Lipinski definition) is 6. The minimum atomic E-state index is -1.19. The Kier molecular flexibility index (Phi) is 10.9. The van der Waals surface area contributed by atoms with Gasteiger partial charge in [0.1, 0.15) is 18.1 Å². The average molecular weight is 439 g/mol. The van der Waals surface area contributed by atoms with Crippen LogP contribution in [0.25, 0.3) is 0 Å². The van der Waals surface area contributed by atoms with Crippen molar-refractivity contribution < 1.29 is 24.3 Å². The largest absolute Gasteiger partial charge is 0.480 e. The molecular formula is C20H30N4O5S. The molecule has 10 heteroatoms. The Balaban J connectivity index is 2.84. The molecule has 1 rings (SSSR count). The summed E-state index contributed by atoms with van der Waals surface area (Å²) in [5.74, 6) is -3.16. The smallest absolute Gasteiger partial charge is 0.326 e. The Morgan fingerprint density at radius 2 is 1.63 bits per heavy atom. The lowest BCUT2D eigenvalue weighted by atomic mass is 9.98. The highest BCUT2D eigenvalue weighted by Crippen LogP contribution is 2.09. The quantitative estimate of drug-likeness (QED) is 0.247. The van der Waals surface area contributed by atoms with E-state index < -0.39 is 41.8 Å². The first-order valence-corrected chi connectivity index (χ1v) is 10.3. The van der Waals surface area contributed by atoms with Crippen LogP contribution in [0, 0.1) is 5.92 Å². The van der Waals surface area contributed by atoms with Gasteiger partial charge >= 0.3 is 5.97 Å². The number of nitrogens with two attached hydrogens (primary N) is 1. The highest BCUT2D eigenvalue weighted by Gasteiger charge is 2.30. The van der Waals surface area contributed by atoms with Crippen molar-refractivity contribution in [2.45, 2.75) is 44.8 Å². The van der Waals surface area contributed by atoms with E-state index in [1.807, 2.05) is 13.0 Å². The van der Waals surface area contributed by atoms with Crippen molar-refractivity contribution in [1.82, 2.24) is 16.0 Å². The molecule has 166 valence electrons. The molecule has 6 N–H and O–H groups in total. The predicted octanol–water partition coefficient (Wildman–Crippen LogP) is -0.297. The Labute approximate surface area is 181 Å². The molecule has 0 aliphatic rings. The van der Waals surface area contributed by atoms with E-state index in [1.165, 1.54) is 0 Å². The maximum atomic E-state index is 12.7. The molecule has 1 aromatic rings. The molecule has 1 aromatic carbocycles. The summed E-state index contributed by atoms with van der Waals surface area (Å²) in [6, 6.07) is 5.77. The van der Waals surface area contributed by atoms with Crippen molar-refractivity contribution in [3.8, 4) is 0 Å². The van der Waals surface area contributed by atoms with E-state index in [0.29, 0.717) is 6.42 Å². The maximum absolute atomic E-state index is 12.7. The molecule has 0 saturated heterocycles. The zero-order valence-electron chi connectivity index (χ0n) is 17.1. The van der Waals surface area contributed by atoms with E-state index in [1.54, 1.807) is 31.2 Å². The van der Waals surface area contributed by atoms with Crippen LogP contribution in [0.15, 0.2) is 30.3 Å². The summed E-state index contributed by atoms with van der Waals surface area (Å²) in [6.07, 6.45) is 0.704. The van der Waals surface area contributed by atoms with Crippen LogP contribution in [-0.4, -0.2) is 59.2 Å². The lowest BCUT2D eigenvalue weighted by Gasteiger charge is -2.26. The molecule has 0 aromatic heterocycles. The second kappa shape index (κ2) is 12.9. The molecule has 0 bridgehead atoms. The fraction of sp³-hybridized carbons (Fsp3) is 0.500. The van der Waals surface area contributed by atoms with Crippen LogP contribution in [-0.2, 0) is 25.6 Å². The number of benzene rings is 1. The summed E-state index contributed by atoms with van der Waals surface area (Å²) in [6.45, 7) is 3.39. The lowest BCUT2D eigenvalue weighted by molar-refractivity contribution is -0.142. The number of nitrogens with one attached hydrogen (secondary N) is 3. The maximum Gasteiger partial charge on any atom is 0.326 e. The molecule has 0 aliphatic heterocycles. The van der Waals surface area contributed by atoms with Crippen molar-refractivity contribution in [2.24, 2.45) is 11.7 Å². The van der Waals surface area contributed by atoms with Gasteiger partial charge in [-0.3, -0.25) is 14.4 Å². The molecule has 0 aliphatic carbocycles. The monoisotopic (exact) mass is 438 g/mol. The molecule has 30 heavy (non-hydrogen) atoms. The van der Waals surface area contributed by atoms with E-state index in [4.69, 9.17) is 5.73 Å². The van der Waals surface area contributed by atoms with Gasteiger partial charge in [-0.05, 0) is 11.5 Å². The van der Waals surface area contributed by atoms with Crippen LogP contribution in [0.4, 0.5) is 0 Å². The first kappa shape index (κ1) is 25.4. The van der Waals surface area contributed by atoms with Crippen LogP contribution in [0.3, 0.4) is 0 Å². The Morgan fingerprint density at radius 3 is 2.13 bits per heavy atom. The predicted molar refractivity (Wildman–Crippen MR) is 116 cm³/mol. The first-order chi connectivity index (χ1) is 14.2. The number of hydrogen-bond donors (Lipinski definition) is 6. The zero-order valence-corrected chi connectivity index (χ0v) is 18.0. The van der Waals surface area contributed by atoms with Crippen LogP contribution in [0.2, 0.25) is 0 Å². The summed E-state index contributed by atoms with van der Waals surface area (Å²) in [7, 11) is 0. The van der Waals surface area contributed by atoms with Gasteiger partial charge in [0.25, 0.3) is 0 Å². The van der Waals surface area contributed by atoms with Gasteiger partial charge in [0.15, 0.2) is 0 Å². The number of rotatable bonds is 12. The van der Waals surface area contributed by atoms with E-state index in [-0.39, 0.29) is 24.6 Å². The van der Waals surface area contributed by atoms with Crippen LogP contribution in [0.5, 0.6) is 0 Å². The van der Waals surface area contributed by atoms with Crippen molar-refractivity contribution >= 4 is 36.3 Å². The minimum Gasteiger partial charge on any atom is -0.480 e. The molecule has 0 heterocycles. The SMILES string of the molecule is CCC(C)C(NC(=O)CN)C(=O)NC(CS)C(=O)NC(Cc1ccccc1)C(=O)O.